The molecule has 0 radical (unpaired) electrons. The lowest BCUT2D eigenvalue weighted by molar-refractivity contribution is -0.0382. The van der Waals surface area contributed by atoms with Crippen molar-refractivity contribution in [2.24, 2.45) is 0 Å². The third-order valence-corrected chi connectivity index (χ3v) is 11.9. The highest BCUT2D eigenvalue weighted by Gasteiger charge is 2.40. The molecule has 1 N–H and O–H groups in total. The van der Waals surface area contributed by atoms with Crippen LogP contribution in [0, 0.1) is 0 Å². The van der Waals surface area contributed by atoms with Crippen LogP contribution in [0.3, 0.4) is 0 Å². The maximum atomic E-state index is 10.7. The van der Waals surface area contributed by atoms with E-state index in [-0.39, 0.29) is 29.5 Å². The summed E-state index contributed by atoms with van der Waals surface area (Å²) < 4.78 is 29.6. The lowest BCUT2D eigenvalue weighted by atomic mass is 10.00. The molecular formula is C28H46O6Si. The smallest absolute Gasteiger partial charge is 0.192 e. The van der Waals surface area contributed by atoms with E-state index in [1.807, 2.05) is 24.3 Å². The summed E-state index contributed by atoms with van der Waals surface area (Å²) in [5, 5.41) is 10.8. The highest BCUT2D eigenvalue weighted by Crippen LogP contribution is 2.39. The maximum absolute atomic E-state index is 10.7. The molecule has 1 fully saturated rings. The summed E-state index contributed by atoms with van der Waals surface area (Å²) >= 11 is 0. The molecule has 7 heteroatoms. The van der Waals surface area contributed by atoms with Gasteiger partial charge in [-0.25, -0.2) is 0 Å². The predicted octanol–water partition coefficient (Wildman–Crippen LogP) is 5.64. The van der Waals surface area contributed by atoms with Crippen LogP contribution in [-0.2, 0) is 25.2 Å². The van der Waals surface area contributed by atoms with E-state index in [4.69, 9.17) is 23.4 Å². The van der Waals surface area contributed by atoms with E-state index in [1.54, 1.807) is 7.11 Å². The first-order valence-corrected chi connectivity index (χ1v) is 16.0. The third-order valence-electron chi connectivity index (χ3n) is 7.36. The van der Waals surface area contributed by atoms with Crippen LogP contribution in [0.15, 0.2) is 36.4 Å². The molecule has 1 saturated heterocycles. The van der Waals surface area contributed by atoms with Gasteiger partial charge >= 0.3 is 0 Å². The van der Waals surface area contributed by atoms with Gasteiger partial charge in [-0.2, -0.15) is 0 Å². The van der Waals surface area contributed by atoms with E-state index < -0.39 is 14.4 Å². The first kappa shape index (κ1) is 28.3. The molecule has 0 aromatic heterocycles. The van der Waals surface area contributed by atoms with E-state index in [0.717, 1.165) is 37.2 Å². The minimum absolute atomic E-state index is 0.00511. The van der Waals surface area contributed by atoms with E-state index in [9.17, 15) is 5.11 Å². The van der Waals surface area contributed by atoms with E-state index >= 15 is 0 Å². The van der Waals surface area contributed by atoms with Crippen LogP contribution in [0.25, 0.3) is 0 Å². The number of hydrogen-bond donors (Lipinski definition) is 1. The maximum Gasteiger partial charge on any atom is 0.192 e. The van der Waals surface area contributed by atoms with Crippen LogP contribution >= 0.6 is 0 Å². The molecule has 2 heterocycles. The van der Waals surface area contributed by atoms with Crippen molar-refractivity contribution in [3.05, 3.63) is 42.0 Å². The number of aliphatic hydroxyl groups excluding tert-OH is 1. The number of epoxide rings is 1. The standard InChI is InChI=1S/C28H46O6Si/c1-28(2,3)35(5,6)34-26(16-22(29)17-27-20-32-27)18-25-9-7-8-24(33-25)14-15-31-19-21-10-12-23(30-4)13-11-21/h7,9-13,22,24-27,29H,8,14-20H2,1-6H3/t22-,24-,25-,26+,27-/m0/s1. The van der Waals surface area contributed by atoms with Gasteiger partial charge in [0.2, 0.25) is 0 Å². The molecule has 5 atom stereocenters. The molecular weight excluding hydrogens is 460 g/mol. The second-order valence-electron chi connectivity index (χ2n) is 11.5. The van der Waals surface area contributed by atoms with Crippen LogP contribution in [0.1, 0.15) is 58.4 Å². The molecule has 0 saturated carbocycles. The Balaban J connectivity index is 1.48. The third kappa shape index (κ3) is 9.63. The average molecular weight is 507 g/mol. The van der Waals surface area contributed by atoms with Crippen molar-refractivity contribution in [2.75, 3.05) is 20.3 Å². The SMILES string of the molecule is COc1ccc(COCC[C@@H]2CC=C[C@@H](C[C@@H](C[C@H](O)C[C@H]3CO3)O[Si](C)(C)C(C)(C)C)O2)cc1. The summed E-state index contributed by atoms with van der Waals surface area (Å²) in [6.45, 7) is 13.3. The Morgan fingerprint density at radius 2 is 1.83 bits per heavy atom. The normalized spacial score (nSPS) is 24.3. The summed E-state index contributed by atoms with van der Waals surface area (Å²) in [6.07, 6.45) is 8.10. The van der Waals surface area contributed by atoms with Gasteiger partial charge < -0.3 is 28.5 Å². The molecule has 0 aliphatic carbocycles. The molecule has 0 bridgehead atoms. The summed E-state index contributed by atoms with van der Waals surface area (Å²) in [6, 6.07) is 7.96. The van der Waals surface area contributed by atoms with Crippen LogP contribution in [0.2, 0.25) is 18.1 Å². The number of hydrogen-bond acceptors (Lipinski definition) is 6. The minimum Gasteiger partial charge on any atom is -0.497 e. The number of aliphatic hydroxyl groups is 1. The fourth-order valence-corrected chi connectivity index (χ4v) is 5.51. The Bertz CT molecular complexity index is 784. The van der Waals surface area contributed by atoms with Gasteiger partial charge in [-0.3, -0.25) is 0 Å². The van der Waals surface area contributed by atoms with Crippen molar-refractivity contribution in [3.63, 3.8) is 0 Å². The minimum atomic E-state index is -1.97. The fraction of sp³-hybridized carbons (Fsp3) is 0.714. The lowest BCUT2D eigenvalue weighted by Crippen LogP contribution is -2.45. The monoisotopic (exact) mass is 506 g/mol. The van der Waals surface area contributed by atoms with Crippen LogP contribution in [-0.4, -0.2) is 64.3 Å². The average Bonchev–Trinajstić information content (AvgIpc) is 3.60. The first-order chi connectivity index (χ1) is 16.6. The van der Waals surface area contributed by atoms with Crippen molar-refractivity contribution in [2.45, 2.75) is 108 Å². The zero-order valence-electron chi connectivity index (χ0n) is 22.5. The number of methoxy groups -OCH3 is 1. The Morgan fingerprint density at radius 1 is 1.11 bits per heavy atom. The highest BCUT2D eigenvalue weighted by atomic mass is 28.4. The van der Waals surface area contributed by atoms with Crippen LogP contribution in [0.5, 0.6) is 5.75 Å². The molecule has 35 heavy (non-hydrogen) atoms. The fourth-order valence-electron chi connectivity index (χ4n) is 4.13. The van der Waals surface area contributed by atoms with Crippen molar-refractivity contribution < 1.29 is 28.5 Å². The quantitative estimate of drug-likeness (QED) is 0.152. The molecule has 0 unspecified atom stereocenters. The molecule has 1 aromatic rings. The number of ether oxygens (including phenoxy) is 4. The van der Waals surface area contributed by atoms with E-state index in [2.05, 4.69) is 46.0 Å². The molecule has 0 spiro atoms. The van der Waals surface area contributed by atoms with Gasteiger partial charge in [0, 0.05) is 19.4 Å². The first-order valence-electron chi connectivity index (χ1n) is 13.1. The van der Waals surface area contributed by atoms with Gasteiger partial charge in [0.1, 0.15) is 5.75 Å². The van der Waals surface area contributed by atoms with Crippen molar-refractivity contribution >= 4 is 8.32 Å². The Labute approximate surface area is 213 Å². The van der Waals surface area contributed by atoms with Gasteiger partial charge in [-0.15, -0.1) is 0 Å². The van der Waals surface area contributed by atoms with Gasteiger partial charge in [0.05, 0.1) is 50.8 Å². The number of rotatable bonds is 14. The zero-order valence-corrected chi connectivity index (χ0v) is 23.5. The Morgan fingerprint density at radius 3 is 2.46 bits per heavy atom. The molecule has 6 nitrogen and oxygen atoms in total. The molecule has 1 aromatic carbocycles. The van der Waals surface area contributed by atoms with Gasteiger partial charge in [-0.1, -0.05) is 45.1 Å². The summed E-state index contributed by atoms with van der Waals surface area (Å²) in [7, 11) is -0.304. The zero-order chi connectivity index (χ0) is 25.5. The molecule has 198 valence electrons. The van der Waals surface area contributed by atoms with Crippen LogP contribution in [0.4, 0.5) is 0 Å². The lowest BCUT2D eigenvalue weighted by Gasteiger charge is -2.41. The molecule has 2 aliphatic rings. The molecule has 0 amide bonds. The van der Waals surface area contributed by atoms with Gasteiger partial charge in [-0.05, 0) is 55.1 Å². The van der Waals surface area contributed by atoms with Crippen LogP contribution < -0.4 is 4.74 Å². The second-order valence-corrected chi connectivity index (χ2v) is 16.2. The van der Waals surface area contributed by atoms with Crippen molar-refractivity contribution in [3.8, 4) is 5.75 Å². The largest absolute Gasteiger partial charge is 0.497 e. The van der Waals surface area contributed by atoms with Crippen molar-refractivity contribution in [1.29, 1.82) is 0 Å². The Hall–Kier alpha value is -1.22. The molecule has 3 rings (SSSR count). The summed E-state index contributed by atoms with van der Waals surface area (Å²) in [5.41, 5.74) is 1.13. The summed E-state index contributed by atoms with van der Waals surface area (Å²) in [4.78, 5) is 0. The van der Waals surface area contributed by atoms with Gasteiger partial charge in [0.25, 0.3) is 0 Å². The molecule has 2 aliphatic heterocycles. The predicted molar refractivity (Wildman–Crippen MR) is 141 cm³/mol. The van der Waals surface area contributed by atoms with E-state index in [0.29, 0.717) is 26.1 Å². The van der Waals surface area contributed by atoms with E-state index in [1.165, 1.54) is 0 Å². The summed E-state index contributed by atoms with van der Waals surface area (Å²) in [5.74, 6) is 0.853. The second kappa shape index (κ2) is 12.8. The van der Waals surface area contributed by atoms with Gasteiger partial charge in [0.15, 0.2) is 8.32 Å². The topological polar surface area (TPSA) is 69.7 Å². The highest BCUT2D eigenvalue weighted by molar-refractivity contribution is 6.74. The Kier molecular flexibility index (Phi) is 10.4. The number of benzene rings is 1. The van der Waals surface area contributed by atoms with Crippen molar-refractivity contribution in [1.82, 2.24) is 0 Å².